The molecule has 14 heavy (non-hydrogen) atoms. The van der Waals surface area contributed by atoms with E-state index in [1.807, 2.05) is 0 Å². The lowest BCUT2D eigenvalue weighted by molar-refractivity contribution is -0.0515. The molecule has 0 radical (unpaired) electrons. The topological polar surface area (TPSA) is 80.9 Å². The molecular formula is C10H20O4. The maximum Gasteiger partial charge on any atom is 0.0978 e. The third-order valence-electron chi connectivity index (χ3n) is 2.20. The van der Waals surface area contributed by atoms with Gasteiger partial charge in [-0.1, -0.05) is 6.58 Å². The number of rotatable bonds is 6. The minimum atomic E-state index is -1.15. The smallest absolute Gasteiger partial charge is 0.0978 e. The molecule has 0 saturated carbocycles. The van der Waals surface area contributed by atoms with E-state index in [-0.39, 0.29) is 6.61 Å². The maximum absolute atomic E-state index is 9.45. The molecule has 0 fully saturated rings. The van der Waals surface area contributed by atoms with Crippen LogP contribution in [-0.4, -0.2) is 44.8 Å². The minimum absolute atomic E-state index is 0.319. The molecule has 0 heterocycles. The van der Waals surface area contributed by atoms with Crippen LogP contribution in [0.5, 0.6) is 0 Å². The number of hydrogen-bond acceptors (Lipinski definition) is 4. The predicted molar refractivity (Wildman–Crippen MR) is 53.8 cm³/mol. The molecule has 2 atom stereocenters. The fourth-order valence-electron chi connectivity index (χ4n) is 0.971. The highest BCUT2D eigenvalue weighted by atomic mass is 16.3. The summed E-state index contributed by atoms with van der Waals surface area (Å²) in [6.07, 6.45) is -1.10. The molecule has 2 unspecified atom stereocenters. The summed E-state index contributed by atoms with van der Waals surface area (Å²) in [6, 6.07) is 0. The van der Waals surface area contributed by atoms with Crippen molar-refractivity contribution in [2.45, 2.75) is 44.5 Å². The zero-order valence-electron chi connectivity index (χ0n) is 8.77. The lowest BCUT2D eigenvalue weighted by Crippen LogP contribution is -2.36. The van der Waals surface area contributed by atoms with Crippen molar-refractivity contribution >= 4 is 0 Å². The van der Waals surface area contributed by atoms with Crippen LogP contribution in [0.15, 0.2) is 12.2 Å². The Morgan fingerprint density at radius 3 is 2.21 bits per heavy atom. The van der Waals surface area contributed by atoms with Crippen LogP contribution in [0.4, 0.5) is 0 Å². The average Bonchev–Trinajstić information content (AvgIpc) is 2.10. The zero-order chi connectivity index (χ0) is 11.4. The van der Waals surface area contributed by atoms with Crippen LogP contribution in [0.3, 0.4) is 0 Å². The number of aliphatic hydroxyl groups excluding tert-OH is 3. The Labute approximate surface area is 84.5 Å². The molecule has 0 amide bonds. The largest absolute Gasteiger partial charge is 0.393 e. The van der Waals surface area contributed by atoms with Gasteiger partial charge in [-0.3, -0.25) is 0 Å². The second-order valence-electron chi connectivity index (χ2n) is 4.06. The summed E-state index contributed by atoms with van der Waals surface area (Å²) in [5.74, 6) is 0. The summed E-state index contributed by atoms with van der Waals surface area (Å²) in [7, 11) is 0. The second kappa shape index (κ2) is 5.46. The van der Waals surface area contributed by atoms with Gasteiger partial charge < -0.3 is 20.4 Å². The highest BCUT2D eigenvalue weighted by Gasteiger charge is 2.24. The van der Waals surface area contributed by atoms with Gasteiger partial charge in [0.25, 0.3) is 0 Å². The SMILES string of the molecule is C=C(CCC(O)C(C)(C)O)C(O)CO. The van der Waals surface area contributed by atoms with Gasteiger partial charge in [0.1, 0.15) is 0 Å². The first-order valence-corrected chi connectivity index (χ1v) is 4.66. The highest BCUT2D eigenvalue weighted by Crippen LogP contribution is 2.17. The number of hydrogen-bond donors (Lipinski definition) is 4. The summed E-state index contributed by atoms with van der Waals surface area (Å²) < 4.78 is 0. The van der Waals surface area contributed by atoms with Crippen LogP contribution in [0.2, 0.25) is 0 Å². The van der Waals surface area contributed by atoms with Gasteiger partial charge in [-0.15, -0.1) is 0 Å². The second-order valence-corrected chi connectivity index (χ2v) is 4.06. The minimum Gasteiger partial charge on any atom is -0.393 e. The van der Waals surface area contributed by atoms with Gasteiger partial charge in [0.2, 0.25) is 0 Å². The fraction of sp³-hybridized carbons (Fsp3) is 0.800. The Hall–Kier alpha value is -0.420. The van der Waals surface area contributed by atoms with Gasteiger partial charge in [-0.05, 0) is 32.3 Å². The molecule has 0 aliphatic heterocycles. The van der Waals surface area contributed by atoms with Gasteiger partial charge in [-0.25, -0.2) is 0 Å². The molecule has 4 heteroatoms. The van der Waals surface area contributed by atoms with E-state index in [0.29, 0.717) is 18.4 Å². The van der Waals surface area contributed by atoms with Crippen LogP contribution in [0.1, 0.15) is 26.7 Å². The van der Waals surface area contributed by atoms with Crippen molar-refractivity contribution in [2.24, 2.45) is 0 Å². The van der Waals surface area contributed by atoms with E-state index in [4.69, 9.17) is 10.2 Å². The van der Waals surface area contributed by atoms with Crippen molar-refractivity contribution in [1.82, 2.24) is 0 Å². The van der Waals surface area contributed by atoms with Gasteiger partial charge in [0.15, 0.2) is 0 Å². The molecule has 0 aliphatic carbocycles. The average molecular weight is 204 g/mol. The van der Waals surface area contributed by atoms with Gasteiger partial charge in [0.05, 0.1) is 24.4 Å². The molecule has 4 nitrogen and oxygen atoms in total. The van der Waals surface area contributed by atoms with Crippen molar-refractivity contribution < 1.29 is 20.4 Å². The normalized spacial score (nSPS) is 16.4. The van der Waals surface area contributed by atoms with Crippen LogP contribution < -0.4 is 0 Å². The van der Waals surface area contributed by atoms with E-state index in [9.17, 15) is 10.2 Å². The molecule has 4 N–H and O–H groups in total. The molecule has 0 aromatic carbocycles. The van der Waals surface area contributed by atoms with Crippen molar-refractivity contribution in [3.8, 4) is 0 Å². The Bertz CT molecular complexity index is 183. The predicted octanol–water partition coefficient (Wildman–Crippen LogP) is -0.192. The van der Waals surface area contributed by atoms with Crippen LogP contribution in [-0.2, 0) is 0 Å². The number of aliphatic hydroxyl groups is 4. The van der Waals surface area contributed by atoms with Crippen molar-refractivity contribution in [2.75, 3.05) is 6.61 Å². The zero-order valence-corrected chi connectivity index (χ0v) is 8.77. The molecule has 0 aliphatic rings. The van der Waals surface area contributed by atoms with Gasteiger partial charge in [0, 0.05) is 0 Å². The molecule has 0 rings (SSSR count). The monoisotopic (exact) mass is 204 g/mol. The van der Waals surface area contributed by atoms with Crippen molar-refractivity contribution in [3.05, 3.63) is 12.2 Å². The summed E-state index contributed by atoms with van der Waals surface area (Å²) >= 11 is 0. The van der Waals surface area contributed by atoms with Crippen LogP contribution in [0.25, 0.3) is 0 Å². The standard InChI is InChI=1S/C10H20O4/c1-7(8(12)6-11)4-5-9(13)10(2,3)14/h8-9,11-14H,1,4-6H2,2-3H3. The first-order chi connectivity index (χ1) is 6.29. The molecule has 0 saturated heterocycles. The van der Waals surface area contributed by atoms with E-state index in [1.54, 1.807) is 0 Å². The first-order valence-electron chi connectivity index (χ1n) is 4.66. The molecule has 0 aromatic heterocycles. The van der Waals surface area contributed by atoms with Crippen molar-refractivity contribution in [1.29, 1.82) is 0 Å². The van der Waals surface area contributed by atoms with E-state index in [0.717, 1.165) is 0 Å². The quantitative estimate of drug-likeness (QED) is 0.452. The van der Waals surface area contributed by atoms with E-state index in [1.165, 1.54) is 13.8 Å². The van der Waals surface area contributed by atoms with Crippen LogP contribution >= 0.6 is 0 Å². The van der Waals surface area contributed by atoms with E-state index >= 15 is 0 Å². The Balaban J connectivity index is 3.89. The maximum atomic E-state index is 9.45. The Morgan fingerprint density at radius 1 is 1.36 bits per heavy atom. The summed E-state index contributed by atoms with van der Waals surface area (Å²) in [5.41, 5.74) is -0.680. The van der Waals surface area contributed by atoms with E-state index in [2.05, 4.69) is 6.58 Å². The van der Waals surface area contributed by atoms with Gasteiger partial charge in [-0.2, -0.15) is 0 Å². The van der Waals surface area contributed by atoms with Crippen LogP contribution in [0, 0.1) is 0 Å². The van der Waals surface area contributed by atoms with Gasteiger partial charge >= 0.3 is 0 Å². The summed E-state index contributed by atoms with van der Waals surface area (Å²) in [5, 5.41) is 36.6. The lowest BCUT2D eigenvalue weighted by Gasteiger charge is -2.25. The lowest BCUT2D eigenvalue weighted by atomic mass is 9.95. The molecule has 0 spiro atoms. The first kappa shape index (κ1) is 13.6. The molecule has 0 bridgehead atoms. The third-order valence-corrected chi connectivity index (χ3v) is 2.20. The highest BCUT2D eigenvalue weighted by molar-refractivity contribution is 5.02. The Morgan fingerprint density at radius 2 is 1.86 bits per heavy atom. The summed E-state index contributed by atoms with van der Waals surface area (Å²) in [6.45, 7) is 6.25. The van der Waals surface area contributed by atoms with E-state index < -0.39 is 17.8 Å². The summed E-state index contributed by atoms with van der Waals surface area (Å²) in [4.78, 5) is 0. The third kappa shape index (κ3) is 4.72. The molecular weight excluding hydrogens is 184 g/mol. The molecule has 84 valence electrons. The fourth-order valence-corrected chi connectivity index (χ4v) is 0.971. The Kier molecular flexibility index (Phi) is 5.29. The molecule has 0 aromatic rings. The van der Waals surface area contributed by atoms with Crippen molar-refractivity contribution in [3.63, 3.8) is 0 Å².